The van der Waals surface area contributed by atoms with Gasteiger partial charge in [-0.2, -0.15) is 0 Å². The molecule has 0 aromatic heterocycles. The SMILES string of the molecule is COc1cc([C@H](N)CCF)cc([N+](=O)[O-])c1O. The molecule has 94 valence electrons. The van der Waals surface area contributed by atoms with Gasteiger partial charge in [-0.3, -0.25) is 14.5 Å². The van der Waals surface area contributed by atoms with Gasteiger partial charge < -0.3 is 15.6 Å². The van der Waals surface area contributed by atoms with Gasteiger partial charge in [0.2, 0.25) is 5.75 Å². The number of hydrogen-bond acceptors (Lipinski definition) is 5. The Bertz CT molecular complexity index is 425. The minimum absolute atomic E-state index is 0.0467. The molecule has 0 saturated heterocycles. The lowest BCUT2D eigenvalue weighted by molar-refractivity contribution is -0.386. The number of nitro benzene ring substituents is 1. The summed E-state index contributed by atoms with van der Waals surface area (Å²) in [6, 6.07) is 1.81. The number of phenolic OH excluding ortho intramolecular Hbond substituents is 1. The number of methoxy groups -OCH3 is 1. The van der Waals surface area contributed by atoms with Crippen molar-refractivity contribution < 1.29 is 19.2 Å². The monoisotopic (exact) mass is 244 g/mol. The molecule has 0 bridgehead atoms. The first-order valence-electron chi connectivity index (χ1n) is 4.88. The fourth-order valence-electron chi connectivity index (χ4n) is 1.41. The molecule has 0 spiro atoms. The van der Waals surface area contributed by atoms with Crippen LogP contribution in [0.3, 0.4) is 0 Å². The van der Waals surface area contributed by atoms with Crippen molar-refractivity contribution in [3.05, 3.63) is 27.8 Å². The molecular formula is C10H13FN2O4. The zero-order chi connectivity index (χ0) is 13.0. The van der Waals surface area contributed by atoms with E-state index in [4.69, 9.17) is 10.5 Å². The van der Waals surface area contributed by atoms with Crippen molar-refractivity contribution in [3.63, 3.8) is 0 Å². The number of phenols is 1. The van der Waals surface area contributed by atoms with E-state index in [0.29, 0.717) is 5.56 Å². The number of alkyl halides is 1. The molecule has 1 aromatic carbocycles. The summed E-state index contributed by atoms with van der Waals surface area (Å²) >= 11 is 0. The molecule has 0 aliphatic carbocycles. The molecule has 3 N–H and O–H groups in total. The van der Waals surface area contributed by atoms with Crippen LogP contribution in [0.25, 0.3) is 0 Å². The van der Waals surface area contributed by atoms with Crippen molar-refractivity contribution in [2.45, 2.75) is 12.5 Å². The highest BCUT2D eigenvalue weighted by Gasteiger charge is 2.21. The third kappa shape index (κ3) is 2.82. The summed E-state index contributed by atoms with van der Waals surface area (Å²) in [7, 11) is 1.27. The minimum Gasteiger partial charge on any atom is -0.500 e. The first kappa shape index (κ1) is 13.2. The van der Waals surface area contributed by atoms with Gasteiger partial charge in [-0.05, 0) is 18.1 Å². The fourth-order valence-corrected chi connectivity index (χ4v) is 1.41. The molecule has 1 rings (SSSR count). The molecule has 0 radical (unpaired) electrons. The molecule has 1 atom stereocenters. The van der Waals surface area contributed by atoms with E-state index in [2.05, 4.69) is 0 Å². The first-order chi connectivity index (χ1) is 8.01. The van der Waals surface area contributed by atoms with Gasteiger partial charge in [-0.15, -0.1) is 0 Å². The Morgan fingerprint density at radius 1 is 1.65 bits per heavy atom. The summed E-state index contributed by atoms with van der Waals surface area (Å²) in [5.41, 5.74) is 5.49. The summed E-state index contributed by atoms with van der Waals surface area (Å²) in [6.45, 7) is -0.627. The van der Waals surface area contributed by atoms with E-state index in [0.717, 1.165) is 6.07 Å². The van der Waals surface area contributed by atoms with E-state index in [1.165, 1.54) is 13.2 Å². The number of ether oxygens (including phenoxy) is 1. The van der Waals surface area contributed by atoms with Crippen LogP contribution >= 0.6 is 0 Å². The first-order valence-corrected chi connectivity index (χ1v) is 4.88. The van der Waals surface area contributed by atoms with Crippen LogP contribution in [0.4, 0.5) is 10.1 Å². The number of nitrogens with zero attached hydrogens (tertiary/aromatic N) is 1. The van der Waals surface area contributed by atoms with Crippen molar-refractivity contribution in [1.82, 2.24) is 0 Å². The molecule has 1 aromatic rings. The zero-order valence-corrected chi connectivity index (χ0v) is 9.22. The quantitative estimate of drug-likeness (QED) is 0.606. The van der Waals surface area contributed by atoms with E-state index in [-0.39, 0.29) is 12.2 Å². The minimum atomic E-state index is -0.747. The summed E-state index contributed by atoms with van der Waals surface area (Å²) in [6.07, 6.45) is 0.0467. The predicted octanol–water partition coefficient (Wildman–Crippen LogP) is 1.67. The van der Waals surface area contributed by atoms with Crippen molar-refractivity contribution in [2.75, 3.05) is 13.8 Å². The van der Waals surface area contributed by atoms with E-state index in [1.807, 2.05) is 0 Å². The maximum absolute atomic E-state index is 12.2. The summed E-state index contributed by atoms with van der Waals surface area (Å²) in [5, 5.41) is 20.2. The second kappa shape index (κ2) is 5.44. The van der Waals surface area contributed by atoms with Gasteiger partial charge in [-0.1, -0.05) is 0 Å². The van der Waals surface area contributed by atoms with Gasteiger partial charge in [0.1, 0.15) is 0 Å². The highest BCUT2D eigenvalue weighted by Crippen LogP contribution is 2.38. The van der Waals surface area contributed by atoms with Gasteiger partial charge in [0.25, 0.3) is 0 Å². The summed E-state index contributed by atoms with van der Waals surface area (Å²) in [4.78, 5) is 9.95. The average Bonchev–Trinajstić information content (AvgIpc) is 2.29. The van der Waals surface area contributed by atoms with Crippen LogP contribution in [0, 0.1) is 10.1 Å². The Hall–Kier alpha value is -1.89. The number of aromatic hydroxyl groups is 1. The number of nitrogens with two attached hydrogens (primary N) is 1. The molecule has 0 heterocycles. The lowest BCUT2D eigenvalue weighted by Gasteiger charge is -2.12. The standard InChI is InChI=1S/C10H13FN2O4/c1-17-9-5-6(7(12)2-3-11)4-8(10(9)14)13(15)16/h4-5,7,14H,2-3,12H2,1H3/t7-/m1/s1. The van der Waals surface area contributed by atoms with E-state index < -0.39 is 29.1 Å². The molecule has 0 saturated carbocycles. The molecule has 0 amide bonds. The Morgan fingerprint density at radius 3 is 2.76 bits per heavy atom. The van der Waals surface area contributed by atoms with Gasteiger partial charge in [0.15, 0.2) is 5.75 Å². The van der Waals surface area contributed by atoms with Gasteiger partial charge in [0, 0.05) is 12.1 Å². The molecule has 0 aliphatic heterocycles. The van der Waals surface area contributed by atoms with Crippen molar-refractivity contribution >= 4 is 5.69 Å². The molecule has 0 fully saturated rings. The van der Waals surface area contributed by atoms with Crippen LogP contribution in [0.15, 0.2) is 12.1 Å². The lowest BCUT2D eigenvalue weighted by Crippen LogP contribution is -2.11. The highest BCUT2D eigenvalue weighted by atomic mass is 19.1. The normalized spacial score (nSPS) is 12.2. The molecule has 6 nitrogen and oxygen atoms in total. The highest BCUT2D eigenvalue weighted by molar-refractivity contribution is 5.57. The number of benzene rings is 1. The van der Waals surface area contributed by atoms with Gasteiger partial charge in [-0.25, -0.2) is 0 Å². The van der Waals surface area contributed by atoms with Crippen LogP contribution < -0.4 is 10.5 Å². The molecule has 7 heteroatoms. The molecule has 0 aliphatic rings. The Balaban J connectivity index is 3.24. The molecular weight excluding hydrogens is 231 g/mol. The van der Waals surface area contributed by atoms with Crippen molar-refractivity contribution in [2.24, 2.45) is 5.73 Å². The summed E-state index contributed by atoms with van der Waals surface area (Å²) < 4.78 is 17.0. The molecule has 0 unspecified atom stereocenters. The third-order valence-corrected chi connectivity index (χ3v) is 2.34. The number of halogens is 1. The largest absolute Gasteiger partial charge is 0.500 e. The second-order valence-corrected chi connectivity index (χ2v) is 3.43. The Labute approximate surface area is 97.0 Å². The van der Waals surface area contributed by atoms with Crippen molar-refractivity contribution in [3.8, 4) is 11.5 Å². The zero-order valence-electron chi connectivity index (χ0n) is 9.22. The lowest BCUT2D eigenvalue weighted by atomic mass is 10.0. The fraction of sp³-hybridized carbons (Fsp3) is 0.400. The maximum atomic E-state index is 12.2. The molecule has 17 heavy (non-hydrogen) atoms. The van der Waals surface area contributed by atoms with Crippen LogP contribution in [0.5, 0.6) is 11.5 Å². The van der Waals surface area contributed by atoms with Crippen LogP contribution in [0.1, 0.15) is 18.0 Å². The van der Waals surface area contributed by atoms with Crippen molar-refractivity contribution in [1.29, 1.82) is 0 Å². The number of nitro groups is 1. The Morgan fingerprint density at radius 2 is 2.29 bits per heavy atom. The van der Waals surface area contributed by atoms with E-state index in [1.54, 1.807) is 0 Å². The number of rotatable bonds is 5. The van der Waals surface area contributed by atoms with E-state index in [9.17, 15) is 19.6 Å². The maximum Gasteiger partial charge on any atom is 0.314 e. The van der Waals surface area contributed by atoms with Crippen LogP contribution in [-0.2, 0) is 0 Å². The van der Waals surface area contributed by atoms with Crippen LogP contribution in [-0.4, -0.2) is 23.8 Å². The number of hydrogen-bond donors (Lipinski definition) is 2. The second-order valence-electron chi connectivity index (χ2n) is 3.43. The van der Waals surface area contributed by atoms with Gasteiger partial charge in [0.05, 0.1) is 18.7 Å². The van der Waals surface area contributed by atoms with E-state index >= 15 is 0 Å². The smallest absolute Gasteiger partial charge is 0.314 e. The average molecular weight is 244 g/mol. The van der Waals surface area contributed by atoms with Gasteiger partial charge >= 0.3 is 5.69 Å². The van der Waals surface area contributed by atoms with Crippen LogP contribution in [0.2, 0.25) is 0 Å². The Kier molecular flexibility index (Phi) is 4.22. The third-order valence-electron chi connectivity index (χ3n) is 2.34. The summed E-state index contributed by atoms with van der Waals surface area (Å²) in [5.74, 6) is -0.614. The topological polar surface area (TPSA) is 98.6 Å². The predicted molar refractivity (Wildman–Crippen MR) is 58.8 cm³/mol.